The summed E-state index contributed by atoms with van der Waals surface area (Å²) in [5, 5.41) is 3.29. The third-order valence-electron chi connectivity index (χ3n) is 3.87. The fraction of sp³-hybridized carbons (Fsp3) is 0.500. The molecule has 0 bridgehead atoms. The fourth-order valence-corrected chi connectivity index (χ4v) is 2.82. The van der Waals surface area contributed by atoms with E-state index < -0.39 is 0 Å². The van der Waals surface area contributed by atoms with E-state index in [2.05, 4.69) is 23.3 Å². The number of hydrogen-bond donors (Lipinski definition) is 1. The third kappa shape index (κ3) is 1.86. The van der Waals surface area contributed by atoms with E-state index in [1.165, 1.54) is 0 Å². The van der Waals surface area contributed by atoms with Gasteiger partial charge in [-0.15, -0.1) is 0 Å². The van der Waals surface area contributed by atoms with Crippen LogP contribution in [0.4, 0.5) is 11.4 Å². The van der Waals surface area contributed by atoms with Crippen LogP contribution < -0.4 is 15.1 Å². The van der Waals surface area contributed by atoms with Gasteiger partial charge < -0.3 is 15.1 Å². The highest BCUT2D eigenvalue weighted by Crippen LogP contribution is 2.32. The first kappa shape index (κ1) is 11.5. The highest BCUT2D eigenvalue weighted by atomic mass is 16.2. The van der Waals surface area contributed by atoms with Gasteiger partial charge in [0, 0.05) is 20.1 Å². The third-order valence-corrected chi connectivity index (χ3v) is 3.87. The first-order valence-corrected chi connectivity index (χ1v) is 6.62. The van der Waals surface area contributed by atoms with E-state index in [0.717, 1.165) is 43.9 Å². The van der Waals surface area contributed by atoms with Gasteiger partial charge in [0.15, 0.2) is 0 Å². The lowest BCUT2D eigenvalue weighted by atomic mass is 10.1. The summed E-state index contributed by atoms with van der Waals surface area (Å²) in [6.45, 7) is 2.64. The maximum Gasteiger partial charge on any atom is 0.244 e. The Morgan fingerprint density at radius 2 is 2.06 bits per heavy atom. The predicted molar refractivity (Wildman–Crippen MR) is 73.1 cm³/mol. The minimum Gasteiger partial charge on any atom is -0.371 e. The van der Waals surface area contributed by atoms with Gasteiger partial charge in [0.1, 0.15) is 0 Å². The second kappa shape index (κ2) is 4.61. The van der Waals surface area contributed by atoms with Crippen LogP contribution >= 0.6 is 0 Å². The van der Waals surface area contributed by atoms with E-state index in [1.54, 1.807) is 0 Å². The van der Waals surface area contributed by atoms with Crippen LogP contribution in [0.5, 0.6) is 0 Å². The number of carbonyl (C=O) groups excluding carboxylic acids is 1. The highest BCUT2D eigenvalue weighted by Gasteiger charge is 2.31. The topological polar surface area (TPSA) is 35.6 Å². The summed E-state index contributed by atoms with van der Waals surface area (Å²) in [5.74, 6) is 0.230. The zero-order valence-corrected chi connectivity index (χ0v) is 10.7. The quantitative estimate of drug-likeness (QED) is 0.808. The lowest BCUT2D eigenvalue weighted by Gasteiger charge is -2.36. The van der Waals surface area contributed by atoms with Crippen molar-refractivity contribution in [2.45, 2.75) is 18.9 Å². The molecule has 1 aromatic rings. The van der Waals surface area contributed by atoms with E-state index >= 15 is 0 Å². The van der Waals surface area contributed by atoms with Crippen LogP contribution in [0.2, 0.25) is 0 Å². The van der Waals surface area contributed by atoms with Crippen LogP contribution in [-0.2, 0) is 4.79 Å². The number of nitrogens with zero attached hydrogens (tertiary/aromatic N) is 2. The van der Waals surface area contributed by atoms with Crippen molar-refractivity contribution in [3.05, 3.63) is 24.3 Å². The van der Waals surface area contributed by atoms with Crippen LogP contribution in [-0.4, -0.2) is 38.6 Å². The lowest BCUT2D eigenvalue weighted by Crippen LogP contribution is -2.49. The fourth-order valence-electron chi connectivity index (χ4n) is 2.82. The Hall–Kier alpha value is -1.55. The molecular formula is C14H19N3O. The number of carbonyl (C=O) groups is 1. The van der Waals surface area contributed by atoms with Crippen LogP contribution in [0.15, 0.2) is 24.3 Å². The molecule has 2 heterocycles. The molecule has 4 heteroatoms. The maximum absolute atomic E-state index is 12.5. The summed E-state index contributed by atoms with van der Waals surface area (Å²) in [5.41, 5.74) is 2.19. The summed E-state index contributed by atoms with van der Waals surface area (Å²) >= 11 is 0. The second-order valence-electron chi connectivity index (χ2n) is 5.05. The molecule has 1 N–H and O–H groups in total. The number of amides is 1. The standard InChI is InChI=1S/C14H19N3O/c1-16-9-10-17(13-7-3-2-6-12(13)16)14(18)11-5-4-8-15-11/h2-3,6-7,11,15H,4-5,8-10H2,1H3/t11-/m1/s1. The number of nitrogens with one attached hydrogen (secondary N) is 1. The van der Waals surface area contributed by atoms with E-state index in [0.29, 0.717) is 0 Å². The molecule has 1 amide bonds. The van der Waals surface area contributed by atoms with E-state index in [1.807, 2.05) is 23.1 Å². The molecule has 0 unspecified atom stereocenters. The smallest absolute Gasteiger partial charge is 0.244 e. The van der Waals surface area contributed by atoms with Crippen LogP contribution in [0.25, 0.3) is 0 Å². The van der Waals surface area contributed by atoms with Gasteiger partial charge in [-0.25, -0.2) is 0 Å². The number of anilines is 2. The molecule has 0 saturated carbocycles. The average Bonchev–Trinajstić information content (AvgIpc) is 2.93. The van der Waals surface area contributed by atoms with E-state index in [9.17, 15) is 4.79 Å². The summed E-state index contributed by atoms with van der Waals surface area (Å²) < 4.78 is 0. The molecule has 3 rings (SSSR count). The highest BCUT2D eigenvalue weighted by molar-refractivity contribution is 6.01. The number of rotatable bonds is 1. The first-order valence-electron chi connectivity index (χ1n) is 6.62. The molecule has 0 aliphatic carbocycles. The number of para-hydroxylation sites is 2. The number of hydrogen-bond acceptors (Lipinski definition) is 3. The van der Waals surface area contributed by atoms with Gasteiger partial charge in [0.2, 0.25) is 5.91 Å². The number of benzene rings is 1. The number of fused-ring (bicyclic) bond motifs is 1. The Labute approximate surface area is 108 Å². The molecular weight excluding hydrogens is 226 g/mol. The van der Waals surface area contributed by atoms with Crippen molar-refractivity contribution in [3.8, 4) is 0 Å². The van der Waals surface area contributed by atoms with Crippen LogP contribution in [0.3, 0.4) is 0 Å². The van der Waals surface area contributed by atoms with Crippen molar-refractivity contribution in [2.24, 2.45) is 0 Å². The molecule has 4 nitrogen and oxygen atoms in total. The minimum atomic E-state index is 0.0152. The summed E-state index contributed by atoms with van der Waals surface area (Å²) in [7, 11) is 2.08. The second-order valence-corrected chi connectivity index (χ2v) is 5.05. The van der Waals surface area contributed by atoms with Gasteiger partial charge in [-0.2, -0.15) is 0 Å². The van der Waals surface area contributed by atoms with E-state index in [-0.39, 0.29) is 11.9 Å². The monoisotopic (exact) mass is 245 g/mol. The Kier molecular flexibility index (Phi) is 2.96. The number of likely N-dealkylation sites (N-methyl/N-ethyl adjacent to an activating group) is 1. The Morgan fingerprint density at radius 3 is 2.78 bits per heavy atom. The SMILES string of the molecule is CN1CCN(C(=O)[C@H]2CCCN2)c2ccccc21. The molecule has 0 aromatic heterocycles. The van der Waals surface area contributed by atoms with Crippen molar-refractivity contribution in [2.75, 3.05) is 36.5 Å². The lowest BCUT2D eigenvalue weighted by molar-refractivity contribution is -0.120. The summed E-state index contributed by atoms with van der Waals surface area (Å²) in [4.78, 5) is 16.7. The molecule has 1 saturated heterocycles. The molecule has 2 aliphatic rings. The maximum atomic E-state index is 12.5. The van der Waals surface area contributed by atoms with Crippen molar-refractivity contribution in [1.82, 2.24) is 5.32 Å². The van der Waals surface area contributed by atoms with Crippen LogP contribution in [0.1, 0.15) is 12.8 Å². The van der Waals surface area contributed by atoms with Gasteiger partial charge in [0.05, 0.1) is 17.4 Å². The van der Waals surface area contributed by atoms with Gasteiger partial charge >= 0.3 is 0 Å². The van der Waals surface area contributed by atoms with Crippen LogP contribution in [0, 0.1) is 0 Å². The molecule has 18 heavy (non-hydrogen) atoms. The zero-order valence-electron chi connectivity index (χ0n) is 10.7. The average molecular weight is 245 g/mol. The first-order chi connectivity index (χ1) is 8.77. The summed E-state index contributed by atoms with van der Waals surface area (Å²) in [6.07, 6.45) is 2.07. The van der Waals surface area contributed by atoms with Crippen molar-refractivity contribution >= 4 is 17.3 Å². The molecule has 1 atom stereocenters. The minimum absolute atomic E-state index is 0.0152. The van der Waals surface area contributed by atoms with Gasteiger partial charge in [-0.1, -0.05) is 12.1 Å². The molecule has 0 radical (unpaired) electrons. The Morgan fingerprint density at radius 1 is 1.28 bits per heavy atom. The molecule has 0 spiro atoms. The molecule has 96 valence electrons. The Balaban J connectivity index is 1.89. The van der Waals surface area contributed by atoms with Crippen molar-refractivity contribution in [3.63, 3.8) is 0 Å². The molecule has 1 fully saturated rings. The molecule has 2 aliphatic heterocycles. The van der Waals surface area contributed by atoms with Crippen molar-refractivity contribution < 1.29 is 4.79 Å². The van der Waals surface area contributed by atoms with Gasteiger partial charge in [0.25, 0.3) is 0 Å². The van der Waals surface area contributed by atoms with Gasteiger partial charge in [-0.05, 0) is 31.5 Å². The van der Waals surface area contributed by atoms with Gasteiger partial charge in [-0.3, -0.25) is 4.79 Å². The van der Waals surface area contributed by atoms with E-state index in [4.69, 9.17) is 0 Å². The summed E-state index contributed by atoms with van der Waals surface area (Å²) in [6, 6.07) is 8.16. The zero-order chi connectivity index (χ0) is 12.5. The predicted octanol–water partition coefficient (Wildman–Crippen LogP) is 1.22. The normalized spacial score (nSPS) is 23.1. The van der Waals surface area contributed by atoms with Crippen molar-refractivity contribution in [1.29, 1.82) is 0 Å². The Bertz CT molecular complexity index is 454. The largest absolute Gasteiger partial charge is 0.371 e. The molecule has 1 aromatic carbocycles.